The normalized spacial score (nSPS) is 11.3. The van der Waals surface area contributed by atoms with Gasteiger partial charge >= 0.3 is 0 Å². The van der Waals surface area contributed by atoms with Crippen LogP contribution < -0.4 is 32.3 Å². The van der Waals surface area contributed by atoms with E-state index in [1.165, 1.54) is 5.56 Å². The molecule has 0 bridgehead atoms. The summed E-state index contributed by atoms with van der Waals surface area (Å²) >= 11 is 0. The van der Waals surface area contributed by atoms with E-state index in [1.54, 1.807) is 0 Å². The summed E-state index contributed by atoms with van der Waals surface area (Å²) in [5, 5.41) is 25.6. The Morgan fingerprint density at radius 3 is 1.65 bits per heavy atom. The monoisotopic (exact) mass is 440 g/mol. The van der Waals surface area contributed by atoms with Crippen molar-refractivity contribution in [3.63, 3.8) is 0 Å². The van der Waals surface area contributed by atoms with Gasteiger partial charge in [0.15, 0.2) is 0 Å². The molecule has 0 atom stereocenters. The molecular formula is C22H44N6O3. The van der Waals surface area contributed by atoms with Gasteiger partial charge in [-0.25, -0.2) is 0 Å². The second kappa shape index (κ2) is 22.1. The molecule has 0 saturated heterocycles. The van der Waals surface area contributed by atoms with Gasteiger partial charge in [-0.05, 0) is 11.1 Å². The van der Waals surface area contributed by atoms with E-state index in [9.17, 15) is 0 Å². The second-order valence-electron chi connectivity index (χ2n) is 7.17. The standard InChI is InChI=1S/C22H44N6O3/c23-5-6-24-7-8-25-9-10-26-11-12-27-13-14-28-19-21-1-3-22(4-2-21)20-31-18-17-30-16-15-29/h1-4,24-29H,5-20,23H2. The van der Waals surface area contributed by atoms with Crippen molar-refractivity contribution in [3.8, 4) is 0 Å². The predicted molar refractivity (Wildman–Crippen MR) is 126 cm³/mol. The first-order valence-corrected chi connectivity index (χ1v) is 11.4. The first kappa shape index (κ1) is 27.9. The Morgan fingerprint density at radius 2 is 1.10 bits per heavy atom. The number of nitrogens with one attached hydrogen (secondary N) is 5. The van der Waals surface area contributed by atoms with E-state index in [4.69, 9.17) is 20.3 Å². The number of hydrogen-bond acceptors (Lipinski definition) is 9. The van der Waals surface area contributed by atoms with Gasteiger partial charge in [-0.3, -0.25) is 0 Å². The third-order valence-electron chi connectivity index (χ3n) is 4.46. The molecule has 0 unspecified atom stereocenters. The number of aliphatic hydroxyl groups is 1. The minimum Gasteiger partial charge on any atom is -0.394 e. The number of nitrogens with two attached hydrogens (primary N) is 1. The fourth-order valence-corrected chi connectivity index (χ4v) is 2.77. The van der Waals surface area contributed by atoms with Gasteiger partial charge in [0.05, 0.1) is 33.0 Å². The molecule has 0 aliphatic heterocycles. The van der Waals surface area contributed by atoms with Crippen LogP contribution in [0.3, 0.4) is 0 Å². The quantitative estimate of drug-likeness (QED) is 0.103. The van der Waals surface area contributed by atoms with E-state index in [1.807, 2.05) is 0 Å². The molecule has 0 heterocycles. The topological polar surface area (TPSA) is 125 Å². The van der Waals surface area contributed by atoms with Crippen molar-refractivity contribution in [2.75, 3.05) is 91.9 Å². The first-order valence-electron chi connectivity index (χ1n) is 11.4. The smallest absolute Gasteiger partial charge is 0.0718 e. The molecule has 31 heavy (non-hydrogen) atoms. The SMILES string of the molecule is NCCNCCNCCNCCNCCNCc1ccc(COCCOCCO)cc1. The van der Waals surface area contributed by atoms with Crippen molar-refractivity contribution in [1.82, 2.24) is 26.6 Å². The highest BCUT2D eigenvalue weighted by atomic mass is 16.5. The number of aliphatic hydroxyl groups excluding tert-OH is 1. The Bertz CT molecular complexity index is 493. The Hall–Kier alpha value is -1.14. The van der Waals surface area contributed by atoms with Crippen LogP contribution in [0, 0.1) is 0 Å². The molecule has 9 nitrogen and oxygen atoms in total. The molecule has 1 aromatic carbocycles. The van der Waals surface area contributed by atoms with Gasteiger partial charge in [0.1, 0.15) is 0 Å². The summed E-state index contributed by atoms with van der Waals surface area (Å²) in [5.41, 5.74) is 7.84. The third-order valence-corrected chi connectivity index (χ3v) is 4.46. The zero-order chi connectivity index (χ0) is 22.2. The van der Waals surface area contributed by atoms with Crippen molar-refractivity contribution in [1.29, 1.82) is 0 Å². The largest absolute Gasteiger partial charge is 0.394 e. The summed E-state index contributed by atoms with van der Waals surface area (Å²) in [6.45, 7) is 12.2. The highest BCUT2D eigenvalue weighted by molar-refractivity contribution is 5.21. The molecular weight excluding hydrogens is 396 g/mol. The maximum Gasteiger partial charge on any atom is 0.0718 e. The summed E-state index contributed by atoms with van der Waals surface area (Å²) in [7, 11) is 0. The average molecular weight is 441 g/mol. The average Bonchev–Trinajstić information content (AvgIpc) is 2.79. The zero-order valence-electron chi connectivity index (χ0n) is 19.0. The van der Waals surface area contributed by atoms with Crippen LogP contribution in [0.15, 0.2) is 24.3 Å². The Morgan fingerprint density at radius 1 is 0.613 bits per heavy atom. The Balaban J connectivity index is 1.86. The fourth-order valence-electron chi connectivity index (χ4n) is 2.77. The summed E-state index contributed by atoms with van der Waals surface area (Å²) in [6, 6.07) is 8.46. The van der Waals surface area contributed by atoms with Crippen LogP contribution in [0.4, 0.5) is 0 Å². The number of hydrogen-bond donors (Lipinski definition) is 7. The van der Waals surface area contributed by atoms with Crippen molar-refractivity contribution in [2.24, 2.45) is 5.73 Å². The molecule has 0 fully saturated rings. The first-order chi connectivity index (χ1) is 15.4. The molecule has 0 spiro atoms. The molecule has 180 valence electrons. The predicted octanol–water partition coefficient (Wildman–Crippen LogP) is -1.38. The molecule has 0 aliphatic carbocycles. The van der Waals surface area contributed by atoms with E-state index in [0.29, 0.717) is 33.0 Å². The third kappa shape index (κ3) is 18.2. The van der Waals surface area contributed by atoms with E-state index in [2.05, 4.69) is 50.8 Å². The fraction of sp³-hybridized carbons (Fsp3) is 0.727. The molecule has 0 saturated carbocycles. The van der Waals surface area contributed by atoms with Crippen LogP contribution in [0.1, 0.15) is 11.1 Å². The van der Waals surface area contributed by atoms with Gasteiger partial charge in [0, 0.05) is 72.0 Å². The van der Waals surface area contributed by atoms with Gasteiger partial charge in [-0.15, -0.1) is 0 Å². The van der Waals surface area contributed by atoms with Gasteiger partial charge in [0.25, 0.3) is 0 Å². The van der Waals surface area contributed by atoms with Crippen LogP contribution in [-0.2, 0) is 22.6 Å². The summed E-state index contributed by atoms with van der Waals surface area (Å²) in [6.07, 6.45) is 0. The lowest BCUT2D eigenvalue weighted by Gasteiger charge is -2.09. The van der Waals surface area contributed by atoms with Crippen molar-refractivity contribution in [2.45, 2.75) is 13.2 Å². The van der Waals surface area contributed by atoms with Crippen LogP contribution in [0.5, 0.6) is 0 Å². The van der Waals surface area contributed by atoms with Crippen LogP contribution in [0.25, 0.3) is 0 Å². The van der Waals surface area contributed by atoms with Gasteiger partial charge in [0.2, 0.25) is 0 Å². The molecule has 0 aromatic heterocycles. The second-order valence-corrected chi connectivity index (χ2v) is 7.17. The lowest BCUT2D eigenvalue weighted by Crippen LogP contribution is -2.36. The summed E-state index contributed by atoms with van der Waals surface area (Å²) in [5.74, 6) is 0. The molecule has 1 rings (SSSR count). The molecule has 8 N–H and O–H groups in total. The van der Waals surface area contributed by atoms with E-state index >= 15 is 0 Å². The van der Waals surface area contributed by atoms with Crippen LogP contribution in [-0.4, -0.2) is 97.0 Å². The lowest BCUT2D eigenvalue weighted by molar-refractivity contribution is 0.0274. The molecule has 0 radical (unpaired) electrons. The Labute approximate surface area is 187 Å². The number of ether oxygens (including phenoxy) is 2. The zero-order valence-corrected chi connectivity index (χ0v) is 19.0. The molecule has 1 aromatic rings. The van der Waals surface area contributed by atoms with E-state index in [-0.39, 0.29) is 6.61 Å². The van der Waals surface area contributed by atoms with Crippen molar-refractivity contribution < 1.29 is 14.6 Å². The highest BCUT2D eigenvalue weighted by Crippen LogP contribution is 2.05. The number of benzene rings is 1. The lowest BCUT2D eigenvalue weighted by atomic mass is 10.1. The van der Waals surface area contributed by atoms with E-state index < -0.39 is 0 Å². The Kier molecular flexibility index (Phi) is 19.9. The molecule has 0 aliphatic rings. The maximum absolute atomic E-state index is 8.63. The molecule has 0 amide bonds. The van der Waals surface area contributed by atoms with Crippen molar-refractivity contribution >= 4 is 0 Å². The minimum atomic E-state index is 0.0514. The van der Waals surface area contributed by atoms with Gasteiger partial charge < -0.3 is 46.9 Å². The summed E-state index contributed by atoms with van der Waals surface area (Å²) < 4.78 is 10.7. The number of rotatable bonds is 23. The van der Waals surface area contributed by atoms with Crippen molar-refractivity contribution in [3.05, 3.63) is 35.4 Å². The molecule has 9 heteroatoms. The van der Waals surface area contributed by atoms with Gasteiger partial charge in [-0.1, -0.05) is 24.3 Å². The van der Waals surface area contributed by atoms with E-state index in [0.717, 1.165) is 71.0 Å². The highest BCUT2D eigenvalue weighted by Gasteiger charge is 1.97. The van der Waals surface area contributed by atoms with Crippen LogP contribution in [0.2, 0.25) is 0 Å². The maximum atomic E-state index is 8.63. The van der Waals surface area contributed by atoms with Gasteiger partial charge in [-0.2, -0.15) is 0 Å². The minimum absolute atomic E-state index is 0.0514. The van der Waals surface area contributed by atoms with Crippen LogP contribution >= 0.6 is 0 Å². The summed E-state index contributed by atoms with van der Waals surface area (Å²) in [4.78, 5) is 0.